The third-order valence-electron chi connectivity index (χ3n) is 4.19. The number of anilines is 2. The average Bonchev–Trinajstić information content (AvgIpc) is 3.24. The molecule has 8 heteroatoms. The fraction of sp³-hybridized carbons (Fsp3) is 0.286. The van der Waals surface area contributed by atoms with E-state index in [9.17, 15) is 14.4 Å². The zero-order chi connectivity index (χ0) is 20.6. The molecule has 8 nitrogen and oxygen atoms in total. The van der Waals surface area contributed by atoms with Gasteiger partial charge in [-0.2, -0.15) is 0 Å². The first-order chi connectivity index (χ1) is 14.0. The Morgan fingerprint density at radius 1 is 1.07 bits per heavy atom. The quantitative estimate of drug-likeness (QED) is 0.569. The summed E-state index contributed by atoms with van der Waals surface area (Å²) >= 11 is 0. The normalized spacial score (nSPS) is 15.4. The molecule has 152 valence electrons. The third kappa shape index (κ3) is 5.79. The molecule has 3 rings (SSSR count). The van der Waals surface area contributed by atoms with Gasteiger partial charge < -0.3 is 24.8 Å². The van der Waals surface area contributed by atoms with Crippen LogP contribution in [0.4, 0.5) is 16.2 Å². The molecule has 0 bridgehead atoms. The van der Waals surface area contributed by atoms with Crippen molar-refractivity contribution >= 4 is 29.3 Å². The van der Waals surface area contributed by atoms with Crippen LogP contribution in [0.1, 0.15) is 30.1 Å². The Balaban J connectivity index is 1.58. The molecule has 0 saturated carbocycles. The van der Waals surface area contributed by atoms with Crippen LogP contribution in [0, 0.1) is 0 Å². The van der Waals surface area contributed by atoms with Crippen molar-refractivity contribution in [3.8, 4) is 5.75 Å². The van der Waals surface area contributed by atoms with Gasteiger partial charge in [0.1, 0.15) is 11.9 Å². The van der Waals surface area contributed by atoms with E-state index in [1.54, 1.807) is 31.2 Å². The Labute approximate surface area is 168 Å². The molecule has 1 unspecified atom stereocenters. The standard InChI is InChI=1S/C21H22N2O6/c1-2-27-21(26)29-17-10-8-14(9-11-17)19(24)22-15-5-3-6-16(13-15)23-20(25)18-7-4-12-28-18/h3,5-6,8-11,13,18H,2,4,7,12H2,1H3,(H,22,24)(H,23,25). The Morgan fingerprint density at radius 3 is 2.45 bits per heavy atom. The maximum absolute atomic E-state index is 12.4. The van der Waals surface area contributed by atoms with Crippen LogP contribution in [0.3, 0.4) is 0 Å². The van der Waals surface area contributed by atoms with E-state index in [1.165, 1.54) is 24.3 Å². The Hall–Kier alpha value is -3.39. The highest BCUT2D eigenvalue weighted by Crippen LogP contribution is 2.20. The van der Waals surface area contributed by atoms with Crippen LogP contribution < -0.4 is 15.4 Å². The number of carbonyl (C=O) groups is 3. The summed E-state index contributed by atoms with van der Waals surface area (Å²) < 4.78 is 15.0. The number of hydrogen-bond donors (Lipinski definition) is 2. The minimum absolute atomic E-state index is 0.192. The highest BCUT2D eigenvalue weighted by atomic mass is 16.7. The van der Waals surface area contributed by atoms with Crippen molar-refractivity contribution in [2.45, 2.75) is 25.9 Å². The van der Waals surface area contributed by atoms with Gasteiger partial charge in [-0.15, -0.1) is 0 Å². The van der Waals surface area contributed by atoms with Crippen LogP contribution >= 0.6 is 0 Å². The van der Waals surface area contributed by atoms with Gasteiger partial charge in [-0.1, -0.05) is 6.07 Å². The molecule has 2 aromatic carbocycles. The topological polar surface area (TPSA) is 103 Å². The maximum atomic E-state index is 12.4. The predicted octanol–water partition coefficient (Wildman–Crippen LogP) is 3.59. The van der Waals surface area contributed by atoms with Crippen molar-refractivity contribution in [2.75, 3.05) is 23.8 Å². The van der Waals surface area contributed by atoms with Gasteiger partial charge in [-0.05, 0) is 62.2 Å². The van der Waals surface area contributed by atoms with Crippen LogP contribution in [0.5, 0.6) is 5.75 Å². The van der Waals surface area contributed by atoms with E-state index < -0.39 is 12.3 Å². The number of hydrogen-bond acceptors (Lipinski definition) is 6. The summed E-state index contributed by atoms with van der Waals surface area (Å²) in [6, 6.07) is 12.9. The monoisotopic (exact) mass is 398 g/mol. The molecule has 1 aliphatic heterocycles. The van der Waals surface area contributed by atoms with Gasteiger partial charge in [-0.3, -0.25) is 9.59 Å². The molecule has 0 aromatic heterocycles. The first-order valence-electron chi connectivity index (χ1n) is 9.33. The van der Waals surface area contributed by atoms with Crippen molar-refractivity contribution < 1.29 is 28.6 Å². The zero-order valence-corrected chi connectivity index (χ0v) is 16.0. The van der Waals surface area contributed by atoms with Crippen molar-refractivity contribution in [1.29, 1.82) is 0 Å². The molecular formula is C21H22N2O6. The van der Waals surface area contributed by atoms with Crippen molar-refractivity contribution in [2.24, 2.45) is 0 Å². The van der Waals surface area contributed by atoms with E-state index >= 15 is 0 Å². The summed E-state index contributed by atoms with van der Waals surface area (Å²) in [4.78, 5) is 35.9. The number of nitrogens with one attached hydrogen (secondary N) is 2. The van der Waals surface area contributed by atoms with Gasteiger partial charge in [-0.25, -0.2) is 4.79 Å². The van der Waals surface area contributed by atoms with Crippen molar-refractivity contribution in [1.82, 2.24) is 0 Å². The number of ether oxygens (including phenoxy) is 3. The molecule has 1 aliphatic rings. The largest absolute Gasteiger partial charge is 0.513 e. The van der Waals surface area contributed by atoms with E-state index in [0.29, 0.717) is 30.0 Å². The number of amides is 2. The van der Waals surface area contributed by atoms with Crippen LogP contribution in [-0.4, -0.2) is 37.3 Å². The predicted molar refractivity (Wildman–Crippen MR) is 106 cm³/mol. The van der Waals surface area contributed by atoms with Crippen LogP contribution in [-0.2, 0) is 14.3 Å². The molecule has 2 aromatic rings. The Bertz CT molecular complexity index is 875. The highest BCUT2D eigenvalue weighted by Gasteiger charge is 2.23. The van der Waals surface area contributed by atoms with E-state index in [1.807, 2.05) is 0 Å². The zero-order valence-electron chi connectivity index (χ0n) is 16.0. The van der Waals surface area contributed by atoms with Gasteiger partial charge in [0.05, 0.1) is 6.61 Å². The first kappa shape index (κ1) is 20.3. The van der Waals surface area contributed by atoms with Crippen LogP contribution in [0.15, 0.2) is 48.5 Å². The maximum Gasteiger partial charge on any atom is 0.513 e. The molecule has 2 amide bonds. The van der Waals surface area contributed by atoms with Crippen molar-refractivity contribution in [3.05, 3.63) is 54.1 Å². The Kier molecular flexibility index (Phi) is 6.80. The van der Waals surface area contributed by atoms with E-state index in [0.717, 1.165) is 6.42 Å². The molecule has 0 radical (unpaired) electrons. The lowest BCUT2D eigenvalue weighted by molar-refractivity contribution is -0.124. The molecule has 1 fully saturated rings. The summed E-state index contributed by atoms with van der Waals surface area (Å²) in [6.45, 7) is 2.49. The number of benzene rings is 2. The summed E-state index contributed by atoms with van der Waals surface area (Å²) in [5.74, 6) is -0.253. The lowest BCUT2D eigenvalue weighted by Crippen LogP contribution is -2.26. The van der Waals surface area contributed by atoms with Gasteiger partial charge in [0, 0.05) is 23.5 Å². The SMILES string of the molecule is CCOC(=O)Oc1ccc(C(=O)Nc2cccc(NC(=O)C3CCCO3)c2)cc1. The molecule has 29 heavy (non-hydrogen) atoms. The summed E-state index contributed by atoms with van der Waals surface area (Å²) in [7, 11) is 0. The fourth-order valence-corrected chi connectivity index (χ4v) is 2.80. The minimum atomic E-state index is -0.799. The second-order valence-corrected chi connectivity index (χ2v) is 6.34. The summed E-state index contributed by atoms with van der Waals surface area (Å²) in [5.41, 5.74) is 1.49. The van der Waals surface area contributed by atoms with Gasteiger partial charge in [0.15, 0.2) is 0 Å². The second kappa shape index (κ2) is 9.70. The number of rotatable bonds is 6. The first-order valence-corrected chi connectivity index (χ1v) is 9.33. The fourth-order valence-electron chi connectivity index (χ4n) is 2.80. The van der Waals surface area contributed by atoms with Crippen molar-refractivity contribution in [3.63, 3.8) is 0 Å². The Morgan fingerprint density at radius 2 is 1.79 bits per heavy atom. The summed E-state index contributed by atoms with van der Waals surface area (Å²) in [6.07, 6.45) is 0.353. The van der Waals surface area contributed by atoms with Gasteiger partial charge in [0.25, 0.3) is 11.8 Å². The third-order valence-corrected chi connectivity index (χ3v) is 4.19. The van der Waals surface area contributed by atoms with E-state index in [2.05, 4.69) is 10.6 Å². The van der Waals surface area contributed by atoms with E-state index in [4.69, 9.17) is 14.2 Å². The van der Waals surface area contributed by atoms with Crippen LogP contribution in [0.25, 0.3) is 0 Å². The summed E-state index contributed by atoms with van der Waals surface area (Å²) in [5, 5.41) is 5.57. The molecule has 0 spiro atoms. The number of carbonyl (C=O) groups excluding carboxylic acids is 3. The average molecular weight is 398 g/mol. The molecule has 0 aliphatic carbocycles. The van der Waals surface area contributed by atoms with E-state index in [-0.39, 0.29) is 24.2 Å². The lowest BCUT2D eigenvalue weighted by Gasteiger charge is -2.12. The highest BCUT2D eigenvalue weighted by molar-refractivity contribution is 6.04. The van der Waals surface area contributed by atoms with Gasteiger partial charge in [0.2, 0.25) is 0 Å². The lowest BCUT2D eigenvalue weighted by atomic mass is 10.2. The second-order valence-electron chi connectivity index (χ2n) is 6.34. The molecule has 2 N–H and O–H groups in total. The van der Waals surface area contributed by atoms with Gasteiger partial charge >= 0.3 is 6.16 Å². The molecular weight excluding hydrogens is 376 g/mol. The minimum Gasteiger partial charge on any atom is -0.434 e. The molecule has 1 heterocycles. The molecule has 1 atom stereocenters. The molecule has 1 saturated heterocycles. The van der Waals surface area contributed by atoms with Crippen LogP contribution in [0.2, 0.25) is 0 Å². The smallest absolute Gasteiger partial charge is 0.434 e.